The fourth-order valence-corrected chi connectivity index (χ4v) is 3.67. The Morgan fingerprint density at radius 2 is 1.94 bits per heavy atom. The monoisotopic (exact) mass is 455 g/mol. The summed E-state index contributed by atoms with van der Waals surface area (Å²) in [6, 6.07) is 7.27. The fraction of sp³-hybridized carbons (Fsp3) is 0.273. The summed E-state index contributed by atoms with van der Waals surface area (Å²) in [5, 5.41) is 13.2. The Morgan fingerprint density at radius 1 is 1.18 bits per heavy atom. The van der Waals surface area contributed by atoms with Crippen molar-refractivity contribution in [3.05, 3.63) is 58.8 Å². The highest BCUT2D eigenvalue weighted by atomic mass is 19.1. The lowest BCUT2D eigenvalue weighted by atomic mass is 9.98. The number of nitrogens with two attached hydrogens (primary N) is 1. The van der Waals surface area contributed by atoms with Crippen LogP contribution < -0.4 is 21.1 Å². The second-order valence-electron chi connectivity index (χ2n) is 7.48. The summed E-state index contributed by atoms with van der Waals surface area (Å²) in [6.45, 7) is 4.82. The third kappa shape index (κ3) is 4.67. The number of anilines is 4. The average molecular weight is 455 g/mol. The maximum Gasteiger partial charge on any atom is 0.273 e. The highest BCUT2D eigenvalue weighted by Gasteiger charge is 2.21. The molecule has 11 heteroatoms. The number of primary amides is 1. The van der Waals surface area contributed by atoms with Gasteiger partial charge in [-0.2, -0.15) is 4.98 Å². The van der Waals surface area contributed by atoms with Gasteiger partial charge >= 0.3 is 0 Å². The van der Waals surface area contributed by atoms with Crippen LogP contribution in [0.1, 0.15) is 28.5 Å². The summed E-state index contributed by atoms with van der Waals surface area (Å²) < 4.78 is 33.8. The van der Waals surface area contributed by atoms with Gasteiger partial charge in [-0.3, -0.25) is 9.69 Å². The highest BCUT2D eigenvalue weighted by Crippen LogP contribution is 2.33. The van der Waals surface area contributed by atoms with E-state index in [1.807, 2.05) is 12.1 Å². The highest BCUT2D eigenvalue weighted by molar-refractivity contribution is 5.96. The Morgan fingerprint density at radius 3 is 2.61 bits per heavy atom. The third-order valence-electron chi connectivity index (χ3n) is 5.43. The van der Waals surface area contributed by atoms with Gasteiger partial charge in [0.1, 0.15) is 23.1 Å². The smallest absolute Gasteiger partial charge is 0.273 e. The van der Waals surface area contributed by atoms with E-state index >= 15 is 0 Å². The van der Waals surface area contributed by atoms with Crippen LogP contribution in [0, 0.1) is 11.6 Å². The number of halogens is 2. The van der Waals surface area contributed by atoms with E-state index in [9.17, 15) is 13.6 Å². The number of carbonyl (C=O) groups excluding carboxylic acids is 1. The number of para-hydroxylation sites is 1. The van der Waals surface area contributed by atoms with E-state index in [4.69, 9.17) is 10.5 Å². The van der Waals surface area contributed by atoms with E-state index in [0.717, 1.165) is 43.8 Å². The van der Waals surface area contributed by atoms with Crippen LogP contribution in [-0.4, -0.2) is 46.2 Å². The number of nitrogens with one attached hydrogen (secondary N) is 2. The van der Waals surface area contributed by atoms with Gasteiger partial charge in [-0.25, -0.2) is 8.78 Å². The summed E-state index contributed by atoms with van der Waals surface area (Å²) in [6.07, 6.45) is 0.910. The van der Waals surface area contributed by atoms with Crippen molar-refractivity contribution in [2.45, 2.75) is 19.9 Å². The number of carbonyl (C=O) groups is 1. The number of rotatable bonds is 7. The molecule has 9 nitrogen and oxygen atoms in total. The van der Waals surface area contributed by atoms with Gasteiger partial charge in [0.2, 0.25) is 5.95 Å². The number of benzene rings is 2. The van der Waals surface area contributed by atoms with Crippen LogP contribution in [0.4, 0.5) is 31.9 Å². The molecule has 0 fully saturated rings. The van der Waals surface area contributed by atoms with E-state index in [2.05, 4.69) is 37.6 Å². The van der Waals surface area contributed by atoms with Crippen molar-refractivity contribution in [2.24, 2.45) is 5.73 Å². The molecule has 1 amide bonds. The Balaban J connectivity index is 1.69. The predicted octanol–water partition coefficient (Wildman–Crippen LogP) is 3.12. The number of nitrogens with zero attached hydrogens (tertiary/aromatic N) is 4. The largest absolute Gasteiger partial charge is 0.495 e. The van der Waals surface area contributed by atoms with Crippen LogP contribution >= 0.6 is 0 Å². The summed E-state index contributed by atoms with van der Waals surface area (Å²) in [5.74, 6) is -2.35. The average Bonchev–Trinajstić information content (AvgIpc) is 2.80. The Kier molecular flexibility index (Phi) is 6.31. The minimum Gasteiger partial charge on any atom is -0.495 e. The first-order valence-corrected chi connectivity index (χ1v) is 10.3. The summed E-state index contributed by atoms with van der Waals surface area (Å²) >= 11 is 0. The second kappa shape index (κ2) is 9.33. The molecule has 0 atom stereocenters. The minimum absolute atomic E-state index is 0.0133. The zero-order valence-corrected chi connectivity index (χ0v) is 18.2. The number of likely N-dealkylation sites (N-methyl/N-ethyl adjacent to an activating group) is 1. The van der Waals surface area contributed by atoms with Crippen molar-refractivity contribution < 1.29 is 18.3 Å². The molecule has 4 rings (SSSR count). The van der Waals surface area contributed by atoms with Gasteiger partial charge in [-0.1, -0.05) is 13.0 Å². The number of aromatic nitrogens is 3. The lowest BCUT2D eigenvalue weighted by molar-refractivity contribution is 0.0995. The Labute approximate surface area is 189 Å². The van der Waals surface area contributed by atoms with Crippen LogP contribution in [0.2, 0.25) is 0 Å². The van der Waals surface area contributed by atoms with E-state index in [-0.39, 0.29) is 17.5 Å². The van der Waals surface area contributed by atoms with E-state index < -0.39 is 23.2 Å². The Bertz CT molecular complexity index is 1190. The molecule has 0 radical (unpaired) electrons. The van der Waals surface area contributed by atoms with Crippen molar-refractivity contribution in [1.29, 1.82) is 0 Å². The van der Waals surface area contributed by atoms with Gasteiger partial charge in [0, 0.05) is 13.1 Å². The van der Waals surface area contributed by atoms with Crippen molar-refractivity contribution in [3.8, 4) is 5.75 Å². The lowest BCUT2D eigenvalue weighted by Crippen LogP contribution is -2.30. The first-order chi connectivity index (χ1) is 15.9. The van der Waals surface area contributed by atoms with E-state index in [0.29, 0.717) is 11.4 Å². The zero-order chi connectivity index (χ0) is 23.5. The van der Waals surface area contributed by atoms with Crippen molar-refractivity contribution >= 4 is 29.0 Å². The molecule has 0 bridgehead atoms. The van der Waals surface area contributed by atoms with Gasteiger partial charge in [0.25, 0.3) is 5.91 Å². The molecule has 4 N–H and O–H groups in total. The number of amides is 1. The lowest BCUT2D eigenvalue weighted by Gasteiger charge is -2.28. The topological polar surface area (TPSA) is 118 Å². The molecule has 0 aliphatic carbocycles. The molecule has 1 aliphatic rings. The number of methoxy groups -OCH3 is 1. The number of fused-ring (bicyclic) bond motifs is 1. The first-order valence-electron chi connectivity index (χ1n) is 10.3. The molecule has 0 spiro atoms. The molecular weight excluding hydrogens is 432 g/mol. The zero-order valence-electron chi connectivity index (χ0n) is 18.2. The minimum atomic E-state index is -0.952. The van der Waals surface area contributed by atoms with E-state index in [1.54, 1.807) is 7.11 Å². The van der Waals surface area contributed by atoms with Gasteiger partial charge in [-0.15, -0.1) is 10.2 Å². The maximum absolute atomic E-state index is 14.1. The quantitative estimate of drug-likeness (QED) is 0.497. The van der Waals surface area contributed by atoms with Crippen LogP contribution in [-0.2, 0) is 13.0 Å². The molecular formula is C22H23F2N7O2. The summed E-state index contributed by atoms with van der Waals surface area (Å²) in [7, 11) is 1.55. The number of hydrogen-bond donors (Lipinski definition) is 3. The molecule has 0 saturated heterocycles. The molecule has 0 saturated carbocycles. The first kappa shape index (κ1) is 22.3. The molecule has 2 aromatic carbocycles. The molecule has 3 aromatic rings. The summed E-state index contributed by atoms with van der Waals surface area (Å²) in [5.41, 5.74) is 7.42. The van der Waals surface area contributed by atoms with Crippen molar-refractivity contribution in [3.63, 3.8) is 0 Å². The maximum atomic E-state index is 14.1. The van der Waals surface area contributed by atoms with Gasteiger partial charge in [-0.05, 0) is 48.4 Å². The SMILES string of the molecule is CCN1CCc2cc(OC)c(Nc3nnc(C(N)=O)c(Nc4c(F)cccc4F)n3)cc2C1. The third-order valence-corrected chi connectivity index (χ3v) is 5.43. The van der Waals surface area contributed by atoms with Gasteiger partial charge in [0.05, 0.1) is 12.8 Å². The molecule has 0 unspecified atom stereocenters. The van der Waals surface area contributed by atoms with Crippen LogP contribution in [0.15, 0.2) is 30.3 Å². The van der Waals surface area contributed by atoms with E-state index in [1.165, 1.54) is 11.6 Å². The molecule has 33 heavy (non-hydrogen) atoms. The van der Waals surface area contributed by atoms with Crippen LogP contribution in [0.3, 0.4) is 0 Å². The number of hydrogen-bond acceptors (Lipinski definition) is 8. The van der Waals surface area contributed by atoms with Gasteiger partial charge < -0.3 is 21.1 Å². The molecule has 172 valence electrons. The number of ether oxygens (including phenoxy) is 1. The standard InChI is InChI=1S/C22H23F2N7O2/c1-3-31-8-7-12-10-17(33-2)16(9-13(12)11-31)26-22-28-21(19(20(25)32)29-30-22)27-18-14(23)5-4-6-15(18)24/h4-6,9-10H,3,7-8,11H2,1-2H3,(H2,25,32)(H2,26,27,28,30). The fourth-order valence-electron chi connectivity index (χ4n) is 3.67. The van der Waals surface area contributed by atoms with Crippen LogP contribution in [0.5, 0.6) is 5.75 Å². The second-order valence-corrected chi connectivity index (χ2v) is 7.48. The molecule has 1 aliphatic heterocycles. The summed E-state index contributed by atoms with van der Waals surface area (Å²) in [4.78, 5) is 18.3. The Hall–Kier alpha value is -3.86. The van der Waals surface area contributed by atoms with Crippen molar-refractivity contribution in [1.82, 2.24) is 20.1 Å². The molecule has 2 heterocycles. The predicted molar refractivity (Wildman–Crippen MR) is 119 cm³/mol. The van der Waals surface area contributed by atoms with Gasteiger partial charge in [0.15, 0.2) is 11.5 Å². The van der Waals surface area contributed by atoms with Crippen LogP contribution in [0.25, 0.3) is 0 Å². The normalized spacial score (nSPS) is 13.3. The van der Waals surface area contributed by atoms with Crippen molar-refractivity contribution in [2.75, 3.05) is 30.8 Å². The molecule has 1 aromatic heterocycles.